The van der Waals surface area contributed by atoms with Crippen LogP contribution in [-0.4, -0.2) is 37.9 Å². The maximum atomic E-state index is 9.67. The second-order valence-electron chi connectivity index (χ2n) is 4.03. The van der Waals surface area contributed by atoms with Crippen LogP contribution in [0.25, 0.3) is 5.65 Å². The van der Waals surface area contributed by atoms with Crippen LogP contribution in [0.2, 0.25) is 0 Å². The summed E-state index contributed by atoms with van der Waals surface area (Å²) in [7, 11) is 0. The first-order chi connectivity index (χ1) is 8.25. The van der Waals surface area contributed by atoms with Crippen LogP contribution in [0.5, 0.6) is 5.88 Å². The number of ether oxygens (including phenoxy) is 1. The monoisotopic (exact) mass is 298 g/mol. The molecule has 0 unspecified atom stereocenters. The van der Waals surface area contributed by atoms with E-state index in [2.05, 4.69) is 31.1 Å². The highest BCUT2D eigenvalue weighted by Crippen LogP contribution is 2.28. The van der Waals surface area contributed by atoms with Crippen molar-refractivity contribution in [3.8, 4) is 5.88 Å². The molecule has 0 aromatic carbocycles. The molecule has 0 spiro atoms. The van der Waals surface area contributed by atoms with Gasteiger partial charge in [-0.2, -0.15) is 0 Å². The summed E-state index contributed by atoms with van der Waals surface area (Å²) in [5, 5.41) is 17.8. The van der Waals surface area contributed by atoms with Gasteiger partial charge in [0.05, 0.1) is 0 Å². The molecule has 6 nitrogen and oxygen atoms in total. The second kappa shape index (κ2) is 4.23. The molecule has 0 radical (unpaired) electrons. The van der Waals surface area contributed by atoms with Crippen molar-refractivity contribution in [1.82, 2.24) is 19.6 Å². The Morgan fingerprint density at radius 2 is 2.12 bits per heavy atom. The largest absolute Gasteiger partial charge is 0.491 e. The van der Waals surface area contributed by atoms with Crippen molar-refractivity contribution in [3.05, 3.63) is 16.6 Å². The predicted octanol–water partition coefficient (Wildman–Crippen LogP) is 1.49. The topological polar surface area (TPSA) is 72.5 Å². The molecule has 1 aliphatic rings. The Labute approximate surface area is 106 Å². The van der Waals surface area contributed by atoms with Gasteiger partial charge in [0.15, 0.2) is 0 Å². The van der Waals surface area contributed by atoms with Gasteiger partial charge >= 0.3 is 0 Å². The molecule has 1 N–H and O–H groups in total. The lowest BCUT2D eigenvalue weighted by Crippen LogP contribution is -2.16. The summed E-state index contributed by atoms with van der Waals surface area (Å²) in [5.41, 5.74) is 0.398. The molecule has 0 aliphatic carbocycles. The van der Waals surface area contributed by atoms with Crippen molar-refractivity contribution in [2.24, 2.45) is 0 Å². The molecule has 1 saturated heterocycles. The molecule has 2 aromatic heterocycles. The van der Waals surface area contributed by atoms with Crippen LogP contribution in [0.1, 0.15) is 24.6 Å². The maximum Gasteiger partial charge on any atom is 0.258 e. The van der Waals surface area contributed by atoms with E-state index in [0.29, 0.717) is 16.2 Å². The summed E-state index contributed by atoms with van der Waals surface area (Å²) >= 11 is 3.25. The summed E-state index contributed by atoms with van der Waals surface area (Å²) in [6, 6.07) is 0. The first-order valence-electron chi connectivity index (χ1n) is 5.43. The van der Waals surface area contributed by atoms with E-state index in [0.717, 1.165) is 31.9 Å². The summed E-state index contributed by atoms with van der Waals surface area (Å²) in [6.07, 6.45) is 3.64. The third-order valence-electron chi connectivity index (χ3n) is 2.96. The molecule has 1 aliphatic heterocycles. The lowest BCUT2D eigenvalue weighted by atomic mass is 10.00. The fraction of sp³-hybridized carbons (Fsp3) is 0.500. The summed E-state index contributed by atoms with van der Waals surface area (Å²) in [5.74, 6) is 1.08. The van der Waals surface area contributed by atoms with Gasteiger partial charge < -0.3 is 9.84 Å². The number of aromatic hydroxyl groups is 1. The Balaban J connectivity index is 2.10. The summed E-state index contributed by atoms with van der Waals surface area (Å²) < 4.78 is 7.69. The summed E-state index contributed by atoms with van der Waals surface area (Å²) in [6.45, 7) is 1.50. The van der Waals surface area contributed by atoms with Gasteiger partial charge in [-0.05, 0) is 28.8 Å². The number of rotatable bonds is 1. The first-order valence-corrected chi connectivity index (χ1v) is 6.23. The molecule has 3 rings (SSSR count). The molecule has 7 heteroatoms. The molecule has 1 fully saturated rings. The van der Waals surface area contributed by atoms with E-state index in [9.17, 15) is 5.11 Å². The molecule has 3 heterocycles. The highest BCUT2D eigenvalue weighted by molar-refractivity contribution is 9.10. The molecule has 17 heavy (non-hydrogen) atoms. The highest BCUT2D eigenvalue weighted by atomic mass is 79.9. The zero-order chi connectivity index (χ0) is 11.8. The third kappa shape index (κ3) is 1.89. The van der Waals surface area contributed by atoms with E-state index in [1.807, 2.05) is 0 Å². The molecule has 0 bridgehead atoms. The van der Waals surface area contributed by atoms with E-state index in [-0.39, 0.29) is 5.88 Å². The lowest BCUT2D eigenvalue weighted by Gasteiger charge is -2.20. The van der Waals surface area contributed by atoms with Crippen molar-refractivity contribution in [1.29, 1.82) is 0 Å². The van der Waals surface area contributed by atoms with Crippen molar-refractivity contribution < 1.29 is 9.84 Å². The van der Waals surface area contributed by atoms with E-state index in [1.54, 1.807) is 10.6 Å². The Morgan fingerprint density at radius 1 is 1.35 bits per heavy atom. The molecule has 0 atom stereocenters. The van der Waals surface area contributed by atoms with Gasteiger partial charge in [0.1, 0.15) is 10.4 Å². The first kappa shape index (κ1) is 10.9. The minimum absolute atomic E-state index is 0.106. The zero-order valence-electron chi connectivity index (χ0n) is 9.01. The van der Waals surface area contributed by atoms with Crippen molar-refractivity contribution in [3.63, 3.8) is 0 Å². The van der Waals surface area contributed by atoms with Gasteiger partial charge in [-0.15, -0.1) is 10.2 Å². The van der Waals surface area contributed by atoms with Gasteiger partial charge in [0.25, 0.3) is 5.88 Å². The third-order valence-corrected chi connectivity index (χ3v) is 3.34. The molecular weight excluding hydrogens is 288 g/mol. The van der Waals surface area contributed by atoms with Crippen LogP contribution >= 0.6 is 15.9 Å². The highest BCUT2D eigenvalue weighted by Gasteiger charge is 2.22. The maximum absolute atomic E-state index is 9.67. The number of hydrogen-bond donors (Lipinski definition) is 1. The van der Waals surface area contributed by atoms with Gasteiger partial charge in [0.2, 0.25) is 5.65 Å². The van der Waals surface area contributed by atoms with Gasteiger partial charge in [-0.25, -0.2) is 4.98 Å². The smallest absolute Gasteiger partial charge is 0.258 e. The number of nitrogens with zero attached hydrogens (tertiary/aromatic N) is 4. The quantitative estimate of drug-likeness (QED) is 0.863. The average Bonchev–Trinajstić information content (AvgIpc) is 2.74. The Bertz CT molecular complexity index is 550. The van der Waals surface area contributed by atoms with Gasteiger partial charge in [-0.1, -0.05) is 0 Å². The minimum atomic E-state index is -0.106. The van der Waals surface area contributed by atoms with Gasteiger partial charge in [0, 0.05) is 25.3 Å². The zero-order valence-corrected chi connectivity index (χ0v) is 10.6. The molecule has 0 saturated carbocycles. The van der Waals surface area contributed by atoms with E-state index >= 15 is 0 Å². The Kier molecular flexibility index (Phi) is 2.71. The van der Waals surface area contributed by atoms with Crippen molar-refractivity contribution in [2.75, 3.05) is 13.2 Å². The van der Waals surface area contributed by atoms with Crippen LogP contribution in [0, 0.1) is 0 Å². The Hall–Kier alpha value is -1.21. The predicted molar refractivity (Wildman–Crippen MR) is 62.9 cm³/mol. The van der Waals surface area contributed by atoms with E-state index < -0.39 is 0 Å². The molecule has 0 amide bonds. The number of aromatic nitrogens is 4. The van der Waals surface area contributed by atoms with Crippen molar-refractivity contribution >= 4 is 21.6 Å². The van der Waals surface area contributed by atoms with E-state index in [1.165, 1.54) is 0 Å². The Morgan fingerprint density at radius 3 is 2.88 bits per heavy atom. The van der Waals surface area contributed by atoms with Gasteiger partial charge in [-0.3, -0.25) is 4.40 Å². The lowest BCUT2D eigenvalue weighted by molar-refractivity contribution is 0.0834. The van der Waals surface area contributed by atoms with Crippen LogP contribution in [0.4, 0.5) is 0 Å². The van der Waals surface area contributed by atoms with Crippen LogP contribution in [-0.2, 0) is 4.74 Å². The number of hydrogen-bond acceptors (Lipinski definition) is 5. The number of halogens is 1. The fourth-order valence-corrected chi connectivity index (χ4v) is 2.48. The van der Waals surface area contributed by atoms with Crippen molar-refractivity contribution in [2.45, 2.75) is 18.8 Å². The summed E-state index contributed by atoms with van der Waals surface area (Å²) in [4.78, 5) is 3.88. The van der Waals surface area contributed by atoms with Crippen LogP contribution < -0.4 is 0 Å². The number of fused-ring (bicyclic) bond motifs is 1. The standard InChI is InChI=1S/C10H11BrN4O2/c11-7-5-15-8(6-1-3-17-4-2-6)13-14-9(15)10(16)12-7/h5-6H,1-4H2,(H,12,16). The molecular formula is C10H11BrN4O2. The normalized spacial score (nSPS) is 17.7. The SMILES string of the molecule is Oc1nc(Br)cn2c(C3CCOCC3)nnc12. The van der Waals surface area contributed by atoms with Crippen LogP contribution in [0.15, 0.2) is 10.8 Å². The average molecular weight is 299 g/mol. The van der Waals surface area contributed by atoms with E-state index in [4.69, 9.17) is 4.74 Å². The fourth-order valence-electron chi connectivity index (χ4n) is 2.10. The second-order valence-corrected chi connectivity index (χ2v) is 4.84. The van der Waals surface area contributed by atoms with Crippen LogP contribution in [0.3, 0.4) is 0 Å². The minimum Gasteiger partial charge on any atom is -0.491 e. The molecule has 90 valence electrons. The molecule has 2 aromatic rings.